The highest BCUT2D eigenvalue weighted by Gasteiger charge is 2.14. The van der Waals surface area contributed by atoms with E-state index in [0.29, 0.717) is 10.2 Å². The van der Waals surface area contributed by atoms with Gasteiger partial charge in [0.25, 0.3) is 5.91 Å². The summed E-state index contributed by atoms with van der Waals surface area (Å²) in [5.41, 5.74) is 2.11. The third-order valence-corrected chi connectivity index (χ3v) is 3.52. The van der Waals surface area contributed by atoms with Gasteiger partial charge in [-0.25, -0.2) is 4.39 Å². The molecular weight excluding hydrogens is 325 g/mol. The molecule has 0 saturated carbocycles. The third-order valence-electron chi connectivity index (χ3n) is 2.91. The Labute approximate surface area is 124 Å². The number of amides is 1. The fourth-order valence-electron chi connectivity index (χ4n) is 1.80. The summed E-state index contributed by atoms with van der Waals surface area (Å²) >= 11 is 3.08. The Morgan fingerprint density at radius 1 is 1.25 bits per heavy atom. The molecule has 0 fully saturated rings. The van der Waals surface area contributed by atoms with Gasteiger partial charge in [-0.05, 0) is 59.6 Å². The zero-order valence-electron chi connectivity index (χ0n) is 11.0. The molecule has 0 aliphatic carbocycles. The minimum Gasteiger partial charge on any atom is -0.507 e. The van der Waals surface area contributed by atoms with E-state index in [1.54, 1.807) is 25.1 Å². The summed E-state index contributed by atoms with van der Waals surface area (Å²) in [7, 11) is 0. The summed E-state index contributed by atoms with van der Waals surface area (Å²) < 4.78 is 13.8. The molecule has 0 atom stereocenters. The molecule has 0 saturated heterocycles. The van der Waals surface area contributed by atoms with Gasteiger partial charge >= 0.3 is 0 Å². The fourth-order valence-corrected chi connectivity index (χ4v) is 2.26. The highest BCUT2D eigenvalue weighted by atomic mass is 79.9. The number of rotatable bonds is 2. The number of nitrogens with one attached hydrogen (secondary N) is 1. The Balaban J connectivity index is 2.32. The molecule has 0 bridgehead atoms. The standard InChI is InChI=1S/C15H13BrFNO2/c1-8-3-4-14(19)10(5-8)15(20)18-13-7-12(17)11(16)6-9(13)2/h3-7,19H,1-2H3,(H,18,20). The zero-order valence-corrected chi connectivity index (χ0v) is 12.6. The average Bonchev–Trinajstić information content (AvgIpc) is 2.38. The maximum absolute atomic E-state index is 13.5. The number of benzene rings is 2. The van der Waals surface area contributed by atoms with Crippen molar-refractivity contribution in [2.75, 3.05) is 5.32 Å². The van der Waals surface area contributed by atoms with Gasteiger partial charge in [-0.3, -0.25) is 4.79 Å². The van der Waals surface area contributed by atoms with Crippen LogP contribution in [0.15, 0.2) is 34.8 Å². The van der Waals surface area contributed by atoms with Crippen LogP contribution in [0.4, 0.5) is 10.1 Å². The van der Waals surface area contributed by atoms with Gasteiger partial charge in [0, 0.05) is 5.69 Å². The molecule has 0 unspecified atom stereocenters. The van der Waals surface area contributed by atoms with Crippen molar-refractivity contribution in [2.45, 2.75) is 13.8 Å². The van der Waals surface area contributed by atoms with E-state index in [-0.39, 0.29) is 11.3 Å². The molecule has 0 aromatic heterocycles. The number of anilines is 1. The fraction of sp³-hybridized carbons (Fsp3) is 0.133. The van der Waals surface area contributed by atoms with Crippen LogP contribution in [-0.4, -0.2) is 11.0 Å². The predicted molar refractivity (Wildman–Crippen MR) is 79.6 cm³/mol. The van der Waals surface area contributed by atoms with Crippen molar-refractivity contribution in [3.05, 3.63) is 57.3 Å². The number of hydrogen-bond acceptors (Lipinski definition) is 2. The number of hydrogen-bond donors (Lipinski definition) is 2. The maximum Gasteiger partial charge on any atom is 0.259 e. The summed E-state index contributed by atoms with van der Waals surface area (Å²) in [6.45, 7) is 3.58. The van der Waals surface area contributed by atoms with E-state index in [2.05, 4.69) is 21.2 Å². The molecule has 0 spiro atoms. The summed E-state index contributed by atoms with van der Waals surface area (Å²) in [5, 5.41) is 12.3. The molecule has 0 aliphatic rings. The Morgan fingerprint density at radius 2 is 1.95 bits per heavy atom. The predicted octanol–water partition coefficient (Wildman–Crippen LogP) is 4.16. The molecule has 2 rings (SSSR count). The van der Waals surface area contributed by atoms with Crippen LogP contribution in [0, 0.1) is 19.7 Å². The second-order valence-corrected chi connectivity index (χ2v) is 5.41. The topological polar surface area (TPSA) is 49.3 Å². The quantitative estimate of drug-likeness (QED) is 0.864. The van der Waals surface area contributed by atoms with E-state index >= 15 is 0 Å². The van der Waals surface area contributed by atoms with Crippen LogP contribution >= 0.6 is 15.9 Å². The second-order valence-electron chi connectivity index (χ2n) is 4.56. The monoisotopic (exact) mass is 337 g/mol. The van der Waals surface area contributed by atoms with E-state index in [0.717, 1.165) is 11.1 Å². The number of carbonyl (C=O) groups excluding carboxylic acids is 1. The number of phenols is 1. The van der Waals surface area contributed by atoms with E-state index in [4.69, 9.17) is 0 Å². The normalized spacial score (nSPS) is 10.4. The molecule has 1 amide bonds. The molecule has 2 aromatic rings. The summed E-state index contributed by atoms with van der Waals surface area (Å²) in [6, 6.07) is 7.57. The van der Waals surface area contributed by atoms with Crippen molar-refractivity contribution in [3.63, 3.8) is 0 Å². The number of aryl methyl sites for hydroxylation is 2. The lowest BCUT2D eigenvalue weighted by Gasteiger charge is -2.11. The Kier molecular flexibility index (Phi) is 4.09. The highest BCUT2D eigenvalue weighted by Crippen LogP contribution is 2.25. The lowest BCUT2D eigenvalue weighted by atomic mass is 10.1. The van der Waals surface area contributed by atoms with Crippen LogP contribution in [0.25, 0.3) is 0 Å². The molecule has 0 heterocycles. The van der Waals surface area contributed by atoms with Crippen molar-refractivity contribution >= 4 is 27.5 Å². The Hall–Kier alpha value is -1.88. The Bertz CT molecular complexity index is 686. The summed E-state index contributed by atoms with van der Waals surface area (Å²) in [6.07, 6.45) is 0. The molecule has 20 heavy (non-hydrogen) atoms. The van der Waals surface area contributed by atoms with E-state index in [1.807, 2.05) is 6.92 Å². The molecule has 2 aromatic carbocycles. The first kappa shape index (κ1) is 14.5. The summed E-state index contributed by atoms with van der Waals surface area (Å²) in [5.74, 6) is -1.04. The van der Waals surface area contributed by atoms with Gasteiger partial charge in [0.1, 0.15) is 11.6 Å². The van der Waals surface area contributed by atoms with E-state index in [1.165, 1.54) is 12.1 Å². The number of phenolic OH excluding ortho intramolecular Hbond substituents is 1. The molecule has 0 radical (unpaired) electrons. The SMILES string of the molecule is Cc1ccc(O)c(C(=O)Nc2cc(F)c(Br)cc2C)c1. The van der Waals surface area contributed by atoms with Gasteiger partial charge in [-0.1, -0.05) is 11.6 Å². The number of halogens is 2. The van der Waals surface area contributed by atoms with Crippen molar-refractivity contribution < 1.29 is 14.3 Å². The lowest BCUT2D eigenvalue weighted by Crippen LogP contribution is -2.13. The van der Waals surface area contributed by atoms with Crippen LogP contribution < -0.4 is 5.32 Å². The van der Waals surface area contributed by atoms with Crippen molar-refractivity contribution in [3.8, 4) is 5.75 Å². The highest BCUT2D eigenvalue weighted by molar-refractivity contribution is 9.10. The second kappa shape index (κ2) is 5.63. The van der Waals surface area contributed by atoms with Crippen molar-refractivity contribution in [1.82, 2.24) is 0 Å². The summed E-state index contributed by atoms with van der Waals surface area (Å²) in [4.78, 5) is 12.1. The van der Waals surface area contributed by atoms with Crippen LogP contribution in [0.2, 0.25) is 0 Å². The van der Waals surface area contributed by atoms with E-state index in [9.17, 15) is 14.3 Å². The first-order valence-electron chi connectivity index (χ1n) is 5.95. The first-order chi connectivity index (χ1) is 9.38. The van der Waals surface area contributed by atoms with Crippen LogP contribution in [-0.2, 0) is 0 Å². The van der Waals surface area contributed by atoms with Gasteiger partial charge in [-0.2, -0.15) is 0 Å². The van der Waals surface area contributed by atoms with Gasteiger partial charge in [0.15, 0.2) is 0 Å². The minimum absolute atomic E-state index is 0.108. The smallest absolute Gasteiger partial charge is 0.259 e. The molecule has 104 valence electrons. The number of carbonyl (C=O) groups is 1. The number of aromatic hydroxyl groups is 1. The average molecular weight is 338 g/mol. The van der Waals surface area contributed by atoms with Crippen molar-refractivity contribution in [2.24, 2.45) is 0 Å². The van der Waals surface area contributed by atoms with Gasteiger partial charge in [0.05, 0.1) is 10.0 Å². The van der Waals surface area contributed by atoms with Gasteiger partial charge in [-0.15, -0.1) is 0 Å². The van der Waals surface area contributed by atoms with E-state index < -0.39 is 11.7 Å². The Morgan fingerprint density at radius 3 is 2.65 bits per heavy atom. The molecular formula is C15H13BrFNO2. The molecule has 2 N–H and O–H groups in total. The maximum atomic E-state index is 13.5. The van der Waals surface area contributed by atoms with Crippen LogP contribution in [0.1, 0.15) is 21.5 Å². The van der Waals surface area contributed by atoms with Gasteiger partial charge in [0.2, 0.25) is 0 Å². The third kappa shape index (κ3) is 2.99. The lowest BCUT2D eigenvalue weighted by molar-refractivity contribution is 0.102. The molecule has 3 nitrogen and oxygen atoms in total. The van der Waals surface area contributed by atoms with Gasteiger partial charge < -0.3 is 10.4 Å². The first-order valence-corrected chi connectivity index (χ1v) is 6.74. The molecule has 0 aliphatic heterocycles. The minimum atomic E-state index is -0.476. The van der Waals surface area contributed by atoms with Crippen LogP contribution in [0.3, 0.4) is 0 Å². The largest absolute Gasteiger partial charge is 0.507 e. The molecule has 5 heteroatoms. The van der Waals surface area contributed by atoms with Crippen molar-refractivity contribution in [1.29, 1.82) is 0 Å². The zero-order chi connectivity index (χ0) is 14.9. The van der Waals surface area contributed by atoms with Crippen LogP contribution in [0.5, 0.6) is 5.75 Å².